The first kappa shape index (κ1) is 10.1. The average Bonchev–Trinajstić information content (AvgIpc) is 2.56. The first-order chi connectivity index (χ1) is 6.74. The lowest BCUT2D eigenvalue weighted by Crippen LogP contribution is -2.30. The largest absolute Gasteiger partial charge is 0.306 e. The Labute approximate surface area is 90.0 Å². The molecule has 2 nitrogen and oxygen atoms in total. The molecule has 0 aliphatic carbocycles. The van der Waals surface area contributed by atoms with Gasteiger partial charge in [-0.05, 0) is 52.2 Å². The molecule has 0 aromatic carbocycles. The molecule has 0 amide bonds. The number of nitrogens with zero attached hydrogens (tertiary/aromatic N) is 2. The van der Waals surface area contributed by atoms with E-state index in [9.17, 15) is 0 Å². The molecule has 1 aliphatic rings. The van der Waals surface area contributed by atoms with Gasteiger partial charge in [0.05, 0.1) is 10.7 Å². The first-order valence-electron chi connectivity index (χ1n) is 5.33. The van der Waals surface area contributed by atoms with Crippen LogP contribution in [0.5, 0.6) is 0 Å². The molecule has 0 spiro atoms. The minimum atomic E-state index is 0.868. The number of hydrogen-bond acceptors (Lipinski definition) is 3. The Hall–Kier alpha value is -0.410. The fraction of sp³-hybridized carbons (Fsp3) is 0.727. The van der Waals surface area contributed by atoms with E-state index in [0.29, 0.717) is 0 Å². The fourth-order valence-corrected chi connectivity index (χ4v) is 2.69. The zero-order valence-corrected chi connectivity index (χ0v) is 9.81. The molecule has 2 rings (SSSR count). The Bertz CT molecular complexity index is 287. The normalized spacial score (nSPS) is 20.1. The molecule has 1 aliphatic heterocycles. The highest BCUT2D eigenvalue weighted by Crippen LogP contribution is 2.21. The van der Waals surface area contributed by atoms with Crippen LogP contribution in [0, 0.1) is 12.8 Å². The summed E-state index contributed by atoms with van der Waals surface area (Å²) in [6.45, 7) is 4.60. The van der Waals surface area contributed by atoms with E-state index in [0.717, 1.165) is 5.92 Å². The summed E-state index contributed by atoms with van der Waals surface area (Å²) in [7, 11) is 2.21. The second-order valence-electron chi connectivity index (χ2n) is 4.31. The Morgan fingerprint density at radius 2 is 2.21 bits per heavy atom. The van der Waals surface area contributed by atoms with Crippen molar-refractivity contribution < 1.29 is 0 Å². The molecule has 2 heterocycles. The Balaban J connectivity index is 1.86. The molecular formula is C11H18N2S. The van der Waals surface area contributed by atoms with E-state index < -0.39 is 0 Å². The molecule has 0 N–H and O–H groups in total. The maximum Gasteiger partial charge on any atom is 0.0897 e. The maximum absolute atomic E-state index is 4.53. The van der Waals surface area contributed by atoms with Gasteiger partial charge >= 0.3 is 0 Å². The van der Waals surface area contributed by atoms with Crippen molar-refractivity contribution in [3.8, 4) is 0 Å². The maximum atomic E-state index is 4.53. The lowest BCUT2D eigenvalue weighted by atomic mass is 9.93. The number of thiazole rings is 1. The molecule has 0 atom stereocenters. The van der Waals surface area contributed by atoms with Crippen LogP contribution >= 0.6 is 11.3 Å². The van der Waals surface area contributed by atoms with Gasteiger partial charge in [-0.25, -0.2) is 4.98 Å². The van der Waals surface area contributed by atoms with Crippen LogP contribution in [-0.2, 0) is 6.42 Å². The Morgan fingerprint density at radius 1 is 1.50 bits per heavy atom. The summed E-state index contributed by atoms with van der Waals surface area (Å²) in [4.78, 5) is 6.95. The van der Waals surface area contributed by atoms with Crippen molar-refractivity contribution in [3.05, 3.63) is 16.1 Å². The van der Waals surface area contributed by atoms with Crippen LogP contribution in [0.2, 0.25) is 0 Å². The smallest absolute Gasteiger partial charge is 0.0897 e. The third kappa shape index (κ3) is 2.55. The number of piperidine rings is 1. The second-order valence-corrected chi connectivity index (χ2v) is 5.37. The van der Waals surface area contributed by atoms with Gasteiger partial charge in [-0.1, -0.05) is 0 Å². The van der Waals surface area contributed by atoms with Crippen LogP contribution in [0.3, 0.4) is 0 Å². The molecule has 0 unspecified atom stereocenters. The van der Waals surface area contributed by atoms with Crippen molar-refractivity contribution in [1.82, 2.24) is 9.88 Å². The summed E-state index contributed by atoms with van der Waals surface area (Å²) in [5, 5.41) is 3.42. The van der Waals surface area contributed by atoms with E-state index in [1.807, 2.05) is 0 Å². The van der Waals surface area contributed by atoms with E-state index >= 15 is 0 Å². The van der Waals surface area contributed by atoms with Crippen LogP contribution in [-0.4, -0.2) is 30.0 Å². The van der Waals surface area contributed by atoms with Gasteiger partial charge in [-0.2, -0.15) is 0 Å². The zero-order chi connectivity index (χ0) is 9.97. The van der Waals surface area contributed by atoms with Crippen molar-refractivity contribution in [3.63, 3.8) is 0 Å². The number of aromatic nitrogens is 1. The lowest BCUT2D eigenvalue weighted by molar-refractivity contribution is 0.218. The van der Waals surface area contributed by atoms with Crippen molar-refractivity contribution in [2.45, 2.75) is 26.2 Å². The summed E-state index contributed by atoms with van der Waals surface area (Å²) in [6, 6.07) is 0. The van der Waals surface area contributed by atoms with E-state index in [4.69, 9.17) is 0 Å². The van der Waals surface area contributed by atoms with Gasteiger partial charge in [0.15, 0.2) is 0 Å². The van der Waals surface area contributed by atoms with Crippen LogP contribution < -0.4 is 0 Å². The monoisotopic (exact) mass is 210 g/mol. The molecule has 14 heavy (non-hydrogen) atoms. The van der Waals surface area contributed by atoms with Gasteiger partial charge in [-0.15, -0.1) is 11.3 Å². The van der Waals surface area contributed by atoms with Gasteiger partial charge in [0, 0.05) is 5.38 Å². The molecule has 1 saturated heterocycles. The minimum absolute atomic E-state index is 0.868. The molecule has 1 fully saturated rings. The molecule has 3 heteroatoms. The summed E-state index contributed by atoms with van der Waals surface area (Å²) in [5.74, 6) is 0.868. The molecular weight excluding hydrogens is 192 g/mol. The van der Waals surface area contributed by atoms with E-state index in [2.05, 4.69) is 29.2 Å². The predicted octanol–water partition coefficient (Wildman–Crippen LogP) is 2.34. The highest BCUT2D eigenvalue weighted by atomic mass is 32.1. The van der Waals surface area contributed by atoms with Crippen LogP contribution in [0.1, 0.15) is 23.5 Å². The highest BCUT2D eigenvalue weighted by Gasteiger charge is 2.17. The third-order valence-electron chi connectivity index (χ3n) is 3.00. The summed E-state index contributed by atoms with van der Waals surface area (Å²) in [5.41, 5.74) is 1.31. The molecule has 1 aromatic rings. The Kier molecular flexibility index (Phi) is 3.19. The topological polar surface area (TPSA) is 16.1 Å². The summed E-state index contributed by atoms with van der Waals surface area (Å²) < 4.78 is 0. The number of aryl methyl sites for hydroxylation is 1. The van der Waals surface area contributed by atoms with Crippen molar-refractivity contribution in [2.24, 2.45) is 5.92 Å². The van der Waals surface area contributed by atoms with E-state index in [-0.39, 0.29) is 0 Å². The van der Waals surface area contributed by atoms with Crippen molar-refractivity contribution in [2.75, 3.05) is 20.1 Å². The first-order valence-corrected chi connectivity index (χ1v) is 6.21. The Morgan fingerprint density at radius 3 is 2.79 bits per heavy atom. The van der Waals surface area contributed by atoms with Crippen LogP contribution in [0.4, 0.5) is 0 Å². The zero-order valence-electron chi connectivity index (χ0n) is 8.99. The average molecular weight is 210 g/mol. The van der Waals surface area contributed by atoms with Gasteiger partial charge in [0.25, 0.3) is 0 Å². The van der Waals surface area contributed by atoms with Gasteiger partial charge in [0.1, 0.15) is 0 Å². The van der Waals surface area contributed by atoms with Gasteiger partial charge in [-0.3, -0.25) is 0 Å². The molecule has 0 radical (unpaired) electrons. The number of likely N-dealkylation sites (tertiary alicyclic amines) is 1. The SMILES string of the molecule is Cc1nc(CC2CCN(C)CC2)cs1. The number of hydrogen-bond donors (Lipinski definition) is 0. The highest BCUT2D eigenvalue weighted by molar-refractivity contribution is 7.09. The molecule has 78 valence electrons. The van der Waals surface area contributed by atoms with Crippen molar-refractivity contribution >= 4 is 11.3 Å². The van der Waals surface area contributed by atoms with Crippen LogP contribution in [0.25, 0.3) is 0 Å². The predicted molar refractivity (Wildman–Crippen MR) is 60.8 cm³/mol. The van der Waals surface area contributed by atoms with Crippen LogP contribution in [0.15, 0.2) is 5.38 Å². The number of rotatable bonds is 2. The quantitative estimate of drug-likeness (QED) is 0.745. The van der Waals surface area contributed by atoms with Gasteiger partial charge < -0.3 is 4.90 Å². The summed E-state index contributed by atoms with van der Waals surface area (Å²) >= 11 is 1.77. The molecule has 0 saturated carbocycles. The van der Waals surface area contributed by atoms with Crippen molar-refractivity contribution in [1.29, 1.82) is 0 Å². The second kappa shape index (κ2) is 4.41. The minimum Gasteiger partial charge on any atom is -0.306 e. The summed E-state index contributed by atoms with van der Waals surface area (Å²) in [6.07, 6.45) is 3.87. The van der Waals surface area contributed by atoms with E-state index in [1.54, 1.807) is 11.3 Å². The third-order valence-corrected chi connectivity index (χ3v) is 3.82. The molecule has 1 aromatic heterocycles. The fourth-order valence-electron chi connectivity index (χ4n) is 2.06. The molecule has 0 bridgehead atoms. The lowest BCUT2D eigenvalue weighted by Gasteiger charge is -2.28. The standard InChI is InChI=1S/C11H18N2S/c1-9-12-11(8-14-9)7-10-3-5-13(2)6-4-10/h8,10H,3-7H2,1-2H3. The van der Waals surface area contributed by atoms with E-state index in [1.165, 1.54) is 43.1 Å². The van der Waals surface area contributed by atoms with Gasteiger partial charge in [0.2, 0.25) is 0 Å².